The summed E-state index contributed by atoms with van der Waals surface area (Å²) >= 11 is -0.881. The summed E-state index contributed by atoms with van der Waals surface area (Å²) in [5.41, 5.74) is 0. The Bertz CT molecular complexity index is 324. The van der Waals surface area contributed by atoms with Crippen LogP contribution in [-0.2, 0) is 0 Å². The van der Waals surface area contributed by atoms with Crippen LogP contribution in [0.5, 0.6) is 0 Å². The van der Waals surface area contributed by atoms with E-state index in [-0.39, 0.29) is 24.8 Å². The zero-order valence-corrected chi connectivity index (χ0v) is 14.0. The van der Waals surface area contributed by atoms with Crippen LogP contribution in [0.15, 0.2) is 60.7 Å². The molecule has 2 aromatic rings. The third kappa shape index (κ3) is 4.91. The van der Waals surface area contributed by atoms with Gasteiger partial charge in [0.2, 0.25) is 0 Å². The van der Waals surface area contributed by atoms with Gasteiger partial charge in [-0.3, -0.25) is 0 Å². The number of halogens is 2. The molecule has 0 atom stereocenters. The van der Waals surface area contributed by atoms with E-state index in [0.29, 0.717) is 0 Å². The number of hydrogen-bond donors (Lipinski definition) is 0. The molecule has 2 rings (SSSR count). The van der Waals surface area contributed by atoms with Crippen LogP contribution in [0.25, 0.3) is 0 Å². The second-order valence-electron chi connectivity index (χ2n) is 3.15. The molecule has 0 saturated heterocycles. The summed E-state index contributed by atoms with van der Waals surface area (Å²) in [5, 5.41) is 0. The Labute approximate surface area is 113 Å². The molecule has 0 nitrogen and oxygen atoms in total. The van der Waals surface area contributed by atoms with Crippen LogP contribution in [0, 0.1) is 0 Å². The zero-order valence-electron chi connectivity index (χ0n) is 8.30. The Kier molecular flexibility index (Phi) is 7.93. The second kappa shape index (κ2) is 8.03. The van der Waals surface area contributed by atoms with E-state index in [1.807, 2.05) is 0 Å². The van der Waals surface area contributed by atoms with Gasteiger partial charge in [0.05, 0.1) is 0 Å². The van der Waals surface area contributed by atoms with Gasteiger partial charge in [0.1, 0.15) is 0 Å². The molecule has 0 aliphatic carbocycles. The van der Waals surface area contributed by atoms with Crippen LogP contribution in [0.3, 0.4) is 0 Å². The Morgan fingerprint density at radius 3 is 1.20 bits per heavy atom. The molecule has 3 heteroatoms. The summed E-state index contributed by atoms with van der Waals surface area (Å²) in [6, 6.07) is 21.7. The fraction of sp³-hybridized carbons (Fsp3) is 0. The maximum atomic E-state index is 2.25. The van der Waals surface area contributed by atoms with Gasteiger partial charge in [-0.1, -0.05) is 0 Å². The van der Waals surface area contributed by atoms with Crippen molar-refractivity contribution in [1.29, 1.82) is 0 Å². The van der Waals surface area contributed by atoms with Gasteiger partial charge in [0.25, 0.3) is 0 Å². The van der Waals surface area contributed by atoms with Crippen molar-refractivity contribution >= 4 is 53.1 Å². The monoisotopic (exact) mass is 348 g/mol. The normalized spacial score (nSPS) is 8.53. The van der Waals surface area contributed by atoms with Crippen LogP contribution in [0.1, 0.15) is 0 Å². The predicted octanol–water partition coefficient (Wildman–Crippen LogP) is 1.65. The van der Waals surface area contributed by atoms with E-state index >= 15 is 0 Å². The van der Waals surface area contributed by atoms with Gasteiger partial charge in [0.15, 0.2) is 0 Å². The topological polar surface area (TPSA) is 0 Å². The van der Waals surface area contributed by atoms with Crippen molar-refractivity contribution in [2.45, 2.75) is 0 Å². The number of hydrogen-bond acceptors (Lipinski definition) is 0. The van der Waals surface area contributed by atoms with Gasteiger partial charge in [0, 0.05) is 0 Å². The van der Waals surface area contributed by atoms with Crippen molar-refractivity contribution in [1.82, 2.24) is 0 Å². The number of rotatable bonds is 2. The Balaban J connectivity index is 0.000000980. The first-order valence-corrected chi connectivity index (χ1v) is 8.56. The van der Waals surface area contributed by atoms with Gasteiger partial charge in [-0.05, 0) is 0 Å². The van der Waals surface area contributed by atoms with E-state index in [9.17, 15) is 0 Å². The van der Waals surface area contributed by atoms with Crippen molar-refractivity contribution in [2.75, 3.05) is 0 Å². The average molecular weight is 348 g/mol. The van der Waals surface area contributed by atoms with Gasteiger partial charge < -0.3 is 0 Å². The van der Waals surface area contributed by atoms with E-state index < -0.39 is 21.1 Å². The van der Waals surface area contributed by atoms with Crippen molar-refractivity contribution in [3.63, 3.8) is 0 Å². The van der Waals surface area contributed by atoms with Crippen molar-refractivity contribution in [3.05, 3.63) is 60.7 Å². The van der Waals surface area contributed by atoms with Gasteiger partial charge in [-0.2, -0.15) is 0 Å². The minimum absolute atomic E-state index is 0. The summed E-state index contributed by atoms with van der Waals surface area (Å²) in [5.74, 6) is 0. The van der Waals surface area contributed by atoms with Gasteiger partial charge >= 0.3 is 89.0 Å². The summed E-state index contributed by atoms with van der Waals surface area (Å²) < 4.78 is 3.16. The molecule has 0 saturated carbocycles. The summed E-state index contributed by atoms with van der Waals surface area (Å²) in [4.78, 5) is 0. The van der Waals surface area contributed by atoms with Crippen LogP contribution in [0.4, 0.5) is 0 Å². The predicted molar refractivity (Wildman–Crippen MR) is 75.2 cm³/mol. The molecular weight excluding hydrogens is 334 g/mol. The van der Waals surface area contributed by atoms with E-state index in [1.165, 1.54) is 0 Å². The quantitative estimate of drug-likeness (QED) is 0.725. The Morgan fingerprint density at radius 1 is 0.533 bits per heavy atom. The minimum atomic E-state index is -0.881. The molecule has 0 radical (unpaired) electrons. The van der Waals surface area contributed by atoms with E-state index in [4.69, 9.17) is 0 Å². The van der Waals surface area contributed by atoms with E-state index in [2.05, 4.69) is 60.7 Å². The van der Waals surface area contributed by atoms with Gasteiger partial charge in [-0.15, -0.1) is 24.8 Å². The third-order valence-corrected chi connectivity index (χ3v) is 7.12. The van der Waals surface area contributed by atoms with Crippen LogP contribution < -0.4 is 7.16 Å². The van der Waals surface area contributed by atoms with Gasteiger partial charge in [-0.25, -0.2) is 0 Å². The molecule has 0 unspecified atom stereocenters. The molecule has 0 aliphatic heterocycles. The molecule has 2 aromatic carbocycles. The molecule has 80 valence electrons. The molecular formula is C12H14Cl2Sn. The van der Waals surface area contributed by atoms with Crippen LogP contribution in [0.2, 0.25) is 0 Å². The van der Waals surface area contributed by atoms with Crippen molar-refractivity contribution in [3.8, 4) is 0 Å². The van der Waals surface area contributed by atoms with E-state index in [0.717, 1.165) is 0 Å². The van der Waals surface area contributed by atoms with Crippen molar-refractivity contribution < 1.29 is 0 Å². The number of benzene rings is 2. The molecule has 0 amide bonds. The maximum absolute atomic E-state index is 2.25. The SMILES string of the molecule is Cl.Cl.c1cc[c]([SnH2][c]2ccccc2)cc1. The summed E-state index contributed by atoms with van der Waals surface area (Å²) in [6.07, 6.45) is 0. The fourth-order valence-electron chi connectivity index (χ4n) is 1.43. The third-order valence-electron chi connectivity index (χ3n) is 2.09. The Hall–Kier alpha value is -0.181. The van der Waals surface area contributed by atoms with E-state index in [1.54, 1.807) is 7.16 Å². The first kappa shape index (κ1) is 14.8. The first-order valence-electron chi connectivity index (χ1n) is 4.53. The standard InChI is InChI=1S/2C6H5.2ClH.Sn.2H/c2*1-2-4-6-5-3-1;;;;;/h2*1-5H;2*1H;;;. The Morgan fingerprint density at radius 2 is 0.867 bits per heavy atom. The summed E-state index contributed by atoms with van der Waals surface area (Å²) in [7, 11) is 0. The molecule has 0 fully saturated rings. The molecule has 0 aliphatic rings. The second-order valence-corrected chi connectivity index (χ2v) is 8.82. The first-order chi connectivity index (χ1) is 6.45. The molecule has 0 spiro atoms. The molecule has 0 heterocycles. The van der Waals surface area contributed by atoms with Crippen LogP contribution >= 0.6 is 24.8 Å². The fourth-order valence-corrected chi connectivity index (χ4v) is 5.67. The molecule has 0 bridgehead atoms. The molecule has 0 N–H and O–H groups in total. The zero-order chi connectivity index (χ0) is 8.93. The molecule has 0 aromatic heterocycles. The average Bonchev–Trinajstić information content (AvgIpc) is 2.21. The van der Waals surface area contributed by atoms with Crippen LogP contribution in [-0.4, -0.2) is 21.1 Å². The summed E-state index contributed by atoms with van der Waals surface area (Å²) in [6.45, 7) is 0. The molecule has 15 heavy (non-hydrogen) atoms. The van der Waals surface area contributed by atoms with Crippen molar-refractivity contribution in [2.24, 2.45) is 0 Å².